The molecule has 0 radical (unpaired) electrons. The normalized spacial score (nSPS) is 15.0. The summed E-state index contributed by atoms with van der Waals surface area (Å²) in [5.74, 6) is 5.18. The number of esters is 1. The van der Waals surface area contributed by atoms with Crippen LogP contribution in [0.3, 0.4) is 0 Å². The average molecular weight is 319 g/mol. The van der Waals surface area contributed by atoms with Crippen LogP contribution in [0.5, 0.6) is 0 Å². The maximum absolute atomic E-state index is 11.9. The van der Waals surface area contributed by atoms with Crippen molar-refractivity contribution in [3.05, 3.63) is 23.4 Å². The molecular formula is C18H25NO4. The zero-order valence-corrected chi connectivity index (χ0v) is 14.3. The molecule has 0 bridgehead atoms. The van der Waals surface area contributed by atoms with Gasteiger partial charge in [-0.3, -0.25) is 5.32 Å². The van der Waals surface area contributed by atoms with Gasteiger partial charge in [-0.15, -0.1) is 0 Å². The van der Waals surface area contributed by atoms with Crippen LogP contribution in [0.1, 0.15) is 53.4 Å². The third-order valence-corrected chi connectivity index (χ3v) is 2.87. The number of carbonyl (C=O) groups excluding carboxylic acids is 2. The van der Waals surface area contributed by atoms with Crippen molar-refractivity contribution in [2.75, 3.05) is 6.61 Å². The van der Waals surface area contributed by atoms with Crippen LogP contribution < -0.4 is 5.32 Å². The number of hydrogen-bond donors (Lipinski definition) is 1. The van der Waals surface area contributed by atoms with Crippen LogP contribution in [-0.4, -0.2) is 24.3 Å². The molecule has 1 aliphatic carbocycles. The van der Waals surface area contributed by atoms with Crippen molar-refractivity contribution >= 4 is 12.1 Å². The maximum Gasteiger partial charge on any atom is 0.412 e. The lowest BCUT2D eigenvalue weighted by Gasteiger charge is -2.19. The van der Waals surface area contributed by atoms with Crippen molar-refractivity contribution in [2.45, 2.75) is 59.0 Å². The van der Waals surface area contributed by atoms with Gasteiger partial charge in [-0.05, 0) is 59.0 Å². The molecule has 0 heterocycles. The zero-order valence-electron chi connectivity index (χ0n) is 14.3. The Kier molecular flexibility index (Phi) is 7.40. The highest BCUT2D eigenvalue weighted by Gasteiger charge is 2.20. The number of alkyl carbamates (subject to hydrolysis) is 1. The number of carbonyl (C=O) groups is 2. The highest BCUT2D eigenvalue weighted by atomic mass is 16.6. The third kappa shape index (κ3) is 8.10. The maximum atomic E-state index is 11.9. The Morgan fingerprint density at radius 1 is 1.35 bits per heavy atom. The van der Waals surface area contributed by atoms with Gasteiger partial charge in [0.1, 0.15) is 11.3 Å². The molecule has 0 aromatic heterocycles. The summed E-state index contributed by atoms with van der Waals surface area (Å²) in [6.07, 6.45) is 7.06. The van der Waals surface area contributed by atoms with Crippen LogP contribution in [0, 0.1) is 11.8 Å². The summed E-state index contributed by atoms with van der Waals surface area (Å²) >= 11 is 0. The van der Waals surface area contributed by atoms with Gasteiger partial charge in [0, 0.05) is 6.08 Å². The summed E-state index contributed by atoms with van der Waals surface area (Å²) in [5, 5.41) is 2.40. The number of amides is 1. The largest absolute Gasteiger partial charge is 0.461 e. The topological polar surface area (TPSA) is 64.6 Å². The Balaban J connectivity index is 2.81. The van der Waals surface area contributed by atoms with E-state index in [2.05, 4.69) is 23.2 Å². The van der Waals surface area contributed by atoms with Crippen molar-refractivity contribution in [2.24, 2.45) is 0 Å². The van der Waals surface area contributed by atoms with Gasteiger partial charge >= 0.3 is 12.1 Å². The number of nitrogens with one attached hydrogen (secondary N) is 1. The van der Waals surface area contributed by atoms with E-state index in [-0.39, 0.29) is 12.3 Å². The van der Waals surface area contributed by atoms with E-state index in [9.17, 15) is 9.59 Å². The van der Waals surface area contributed by atoms with E-state index in [1.807, 2.05) is 0 Å². The first kappa shape index (κ1) is 18.8. The van der Waals surface area contributed by atoms with E-state index >= 15 is 0 Å². The Bertz CT molecular complexity index is 556. The highest BCUT2D eigenvalue weighted by Crippen LogP contribution is 2.16. The van der Waals surface area contributed by atoms with Gasteiger partial charge in [0.05, 0.1) is 6.61 Å². The molecule has 0 saturated carbocycles. The molecule has 1 amide bonds. The lowest BCUT2D eigenvalue weighted by molar-refractivity contribution is -0.139. The summed E-state index contributed by atoms with van der Waals surface area (Å²) in [6, 6.07) is 0. The quantitative estimate of drug-likeness (QED) is 0.491. The molecule has 0 saturated heterocycles. The van der Waals surface area contributed by atoms with E-state index in [1.54, 1.807) is 27.7 Å². The Morgan fingerprint density at radius 2 is 2.09 bits per heavy atom. The zero-order chi connectivity index (χ0) is 17.3. The second-order valence-electron chi connectivity index (χ2n) is 6.15. The standard InChI is InChI=1S/C18H25NO4/c1-5-22-16(20)15(19-17(21)23-18(2,3)4)13-9-12-14-10-7-6-8-11-14/h10,13H,5-8,11H2,1-4H3,(H,19,21)/b15-13-. The third-order valence-electron chi connectivity index (χ3n) is 2.87. The first-order chi connectivity index (χ1) is 10.8. The van der Waals surface area contributed by atoms with Gasteiger partial charge in [0.2, 0.25) is 0 Å². The molecule has 1 rings (SSSR count). The molecule has 126 valence electrons. The van der Waals surface area contributed by atoms with Crippen LogP contribution in [0.2, 0.25) is 0 Å². The van der Waals surface area contributed by atoms with Crippen LogP contribution in [-0.2, 0) is 14.3 Å². The first-order valence-electron chi connectivity index (χ1n) is 7.89. The average Bonchev–Trinajstić information content (AvgIpc) is 2.45. The van der Waals surface area contributed by atoms with Crippen molar-refractivity contribution in [1.82, 2.24) is 5.32 Å². The fourth-order valence-electron chi connectivity index (χ4n) is 1.92. The summed E-state index contributed by atoms with van der Waals surface area (Å²) in [5.41, 5.74) is 0.389. The lowest BCUT2D eigenvalue weighted by Crippen LogP contribution is -2.34. The molecule has 0 atom stereocenters. The van der Waals surface area contributed by atoms with E-state index in [0.29, 0.717) is 0 Å². The molecule has 5 heteroatoms. The predicted molar refractivity (Wildman–Crippen MR) is 88.4 cm³/mol. The number of rotatable bonds is 3. The van der Waals surface area contributed by atoms with Crippen LogP contribution in [0.25, 0.3) is 0 Å². The Morgan fingerprint density at radius 3 is 2.65 bits per heavy atom. The fourth-order valence-corrected chi connectivity index (χ4v) is 1.92. The molecule has 0 aromatic carbocycles. The predicted octanol–water partition coefficient (Wildman–Crippen LogP) is 3.46. The van der Waals surface area contributed by atoms with Gasteiger partial charge in [0.25, 0.3) is 0 Å². The van der Waals surface area contributed by atoms with Gasteiger partial charge in [-0.25, -0.2) is 9.59 Å². The summed E-state index contributed by atoms with van der Waals surface area (Å²) in [4.78, 5) is 23.7. The van der Waals surface area contributed by atoms with Crippen molar-refractivity contribution in [3.8, 4) is 11.8 Å². The highest BCUT2D eigenvalue weighted by molar-refractivity contribution is 5.92. The van der Waals surface area contributed by atoms with E-state index < -0.39 is 17.7 Å². The summed E-state index contributed by atoms with van der Waals surface area (Å²) in [7, 11) is 0. The van der Waals surface area contributed by atoms with Gasteiger partial charge in [0.15, 0.2) is 0 Å². The van der Waals surface area contributed by atoms with Gasteiger partial charge in [-0.2, -0.15) is 0 Å². The molecule has 0 unspecified atom stereocenters. The molecule has 0 fully saturated rings. The van der Waals surface area contributed by atoms with Crippen molar-refractivity contribution in [1.29, 1.82) is 0 Å². The molecule has 0 aromatic rings. The second-order valence-corrected chi connectivity index (χ2v) is 6.15. The van der Waals surface area contributed by atoms with E-state index in [0.717, 1.165) is 24.8 Å². The van der Waals surface area contributed by atoms with E-state index in [4.69, 9.17) is 9.47 Å². The molecule has 0 aliphatic heterocycles. The number of hydrogen-bond acceptors (Lipinski definition) is 4. The molecule has 5 nitrogen and oxygen atoms in total. The molecule has 0 spiro atoms. The van der Waals surface area contributed by atoms with Crippen LogP contribution in [0.15, 0.2) is 23.4 Å². The summed E-state index contributed by atoms with van der Waals surface area (Å²) < 4.78 is 10.1. The smallest absolute Gasteiger partial charge is 0.412 e. The number of allylic oxidation sites excluding steroid dienone is 3. The molecular weight excluding hydrogens is 294 g/mol. The minimum Gasteiger partial charge on any atom is -0.461 e. The van der Waals surface area contributed by atoms with Crippen LogP contribution in [0.4, 0.5) is 4.79 Å². The van der Waals surface area contributed by atoms with E-state index in [1.165, 1.54) is 12.5 Å². The van der Waals surface area contributed by atoms with Gasteiger partial charge in [-0.1, -0.05) is 17.9 Å². The Labute approximate surface area is 138 Å². The Hall–Kier alpha value is -2.22. The molecule has 1 aliphatic rings. The lowest BCUT2D eigenvalue weighted by atomic mass is 10.0. The van der Waals surface area contributed by atoms with Crippen LogP contribution >= 0.6 is 0 Å². The van der Waals surface area contributed by atoms with Crippen molar-refractivity contribution in [3.63, 3.8) is 0 Å². The monoisotopic (exact) mass is 319 g/mol. The molecule has 1 N–H and O–H groups in total. The first-order valence-corrected chi connectivity index (χ1v) is 7.89. The fraction of sp³-hybridized carbons (Fsp3) is 0.556. The van der Waals surface area contributed by atoms with Crippen molar-refractivity contribution < 1.29 is 19.1 Å². The van der Waals surface area contributed by atoms with Gasteiger partial charge < -0.3 is 9.47 Å². The minimum absolute atomic E-state index is 0.0231. The molecule has 23 heavy (non-hydrogen) atoms. The number of ether oxygens (including phenoxy) is 2. The summed E-state index contributed by atoms with van der Waals surface area (Å²) in [6.45, 7) is 7.15. The second kappa shape index (κ2) is 9.04. The minimum atomic E-state index is -0.713. The SMILES string of the molecule is CCOC(=O)/C(=C/C#CC1=CCCCC1)NC(=O)OC(C)(C)C.